The minimum atomic E-state index is -1.74. The fraction of sp³-hybridized carbons (Fsp3) is 0.857. The number of rotatable bonds is 23. The van der Waals surface area contributed by atoms with Crippen molar-refractivity contribution in [3.63, 3.8) is 0 Å². The second-order valence-corrected chi connectivity index (χ2v) is 17.6. The molecule has 2 saturated heterocycles. The third-order valence-corrected chi connectivity index (χ3v) is 13.9. The molecule has 0 amide bonds. The number of unbranched alkanes of at least 4 members (excludes halogenated alkanes) is 7. The highest BCUT2D eigenvalue weighted by Gasteiger charge is 2.54. The molecule has 4 heterocycles. The minimum absolute atomic E-state index is 0.0565. The summed E-state index contributed by atoms with van der Waals surface area (Å²) in [4.78, 5) is 26.0. The summed E-state index contributed by atoms with van der Waals surface area (Å²) in [6.07, 6.45) is 12.7. The molecule has 0 bridgehead atoms. The smallest absolute Gasteiger partial charge is 0.341 e. The summed E-state index contributed by atoms with van der Waals surface area (Å²) in [6, 6.07) is -0.113. The number of methoxy groups -OCH3 is 2. The molecule has 2 fully saturated rings. The molecule has 54 heavy (non-hydrogen) atoms. The lowest BCUT2D eigenvalue weighted by molar-refractivity contribution is -0.925. The summed E-state index contributed by atoms with van der Waals surface area (Å²) in [6.45, 7) is 16.1. The Balaban J connectivity index is 1.13. The fourth-order valence-electron chi connectivity index (χ4n) is 10.1. The molecule has 0 aromatic carbocycles. The van der Waals surface area contributed by atoms with Gasteiger partial charge in [-0.2, -0.15) is 0 Å². The van der Waals surface area contributed by atoms with E-state index in [0.29, 0.717) is 0 Å². The highest BCUT2D eigenvalue weighted by atomic mass is 16.6. The molecular formula is C42H74N2O10+2. The maximum Gasteiger partial charge on any atom is 0.341 e. The quantitative estimate of drug-likeness (QED) is 0.0523. The van der Waals surface area contributed by atoms with E-state index in [9.17, 15) is 30.0 Å². The van der Waals surface area contributed by atoms with Crippen molar-refractivity contribution in [1.82, 2.24) is 0 Å². The first-order chi connectivity index (χ1) is 25.5. The van der Waals surface area contributed by atoms with Crippen LogP contribution in [0.5, 0.6) is 0 Å². The number of quaternary nitrogens is 2. The molecule has 4 N–H and O–H groups in total. The van der Waals surface area contributed by atoms with Gasteiger partial charge in [-0.3, -0.25) is 0 Å². The zero-order valence-electron chi connectivity index (χ0n) is 34.6. The molecule has 0 radical (unpaired) electrons. The molecule has 10 unspecified atom stereocenters. The SMILES string of the molecule is COC(C)C(O)(C(=O)OCC1=CC[N+]2(CCCCCCCCCC[N+]34CC=C(COC(=O)C(O)(C(C)C)C(C)OC)C3C(O)CC4)CCC(O)C12)C(C)C. The lowest BCUT2D eigenvalue weighted by Crippen LogP contribution is -2.55. The van der Waals surface area contributed by atoms with Gasteiger partial charge in [0.2, 0.25) is 0 Å². The van der Waals surface area contributed by atoms with Crippen LogP contribution in [-0.2, 0) is 28.5 Å². The van der Waals surface area contributed by atoms with E-state index in [-0.39, 0.29) is 37.1 Å². The summed E-state index contributed by atoms with van der Waals surface area (Å²) >= 11 is 0. The largest absolute Gasteiger partial charge is 0.459 e. The predicted molar refractivity (Wildman–Crippen MR) is 206 cm³/mol. The van der Waals surface area contributed by atoms with Gasteiger partial charge < -0.3 is 48.3 Å². The third kappa shape index (κ3) is 9.12. The summed E-state index contributed by atoms with van der Waals surface area (Å²) in [5, 5.41) is 44.1. The van der Waals surface area contributed by atoms with Gasteiger partial charge in [0, 0.05) is 38.2 Å². The first-order valence-corrected chi connectivity index (χ1v) is 20.8. The van der Waals surface area contributed by atoms with Gasteiger partial charge in [0.1, 0.15) is 37.5 Å². The number of nitrogens with zero attached hydrogens (tertiary/aromatic N) is 2. The Hall–Kier alpha value is -1.90. The van der Waals surface area contributed by atoms with E-state index in [1.807, 2.05) is 0 Å². The van der Waals surface area contributed by atoms with Gasteiger partial charge in [-0.15, -0.1) is 0 Å². The van der Waals surface area contributed by atoms with Crippen molar-refractivity contribution < 1.29 is 57.9 Å². The van der Waals surface area contributed by atoms with Gasteiger partial charge in [-0.25, -0.2) is 9.59 Å². The van der Waals surface area contributed by atoms with Gasteiger partial charge in [-0.1, -0.05) is 53.4 Å². The summed E-state index contributed by atoms with van der Waals surface area (Å²) in [5.74, 6) is -2.11. The molecule has 310 valence electrons. The summed E-state index contributed by atoms with van der Waals surface area (Å²) in [5.41, 5.74) is -1.55. The second kappa shape index (κ2) is 19.0. The maximum atomic E-state index is 13.0. The fourth-order valence-corrected chi connectivity index (χ4v) is 10.1. The van der Waals surface area contributed by atoms with Crippen molar-refractivity contribution in [2.24, 2.45) is 11.8 Å². The van der Waals surface area contributed by atoms with Gasteiger partial charge in [0.15, 0.2) is 11.2 Å². The topological polar surface area (TPSA) is 152 Å². The van der Waals surface area contributed by atoms with Gasteiger partial charge in [0.05, 0.1) is 51.5 Å². The molecule has 12 nitrogen and oxygen atoms in total. The molecule has 0 spiro atoms. The molecular weight excluding hydrogens is 692 g/mol. The highest BCUT2D eigenvalue weighted by molar-refractivity contribution is 5.81. The number of carbonyl (C=O) groups excluding carboxylic acids is 2. The van der Waals surface area contributed by atoms with Crippen LogP contribution < -0.4 is 0 Å². The van der Waals surface area contributed by atoms with Crippen molar-refractivity contribution >= 4 is 11.9 Å². The van der Waals surface area contributed by atoms with Crippen LogP contribution in [0.1, 0.15) is 106 Å². The van der Waals surface area contributed by atoms with Crippen LogP contribution >= 0.6 is 0 Å². The Morgan fingerprint density at radius 1 is 0.648 bits per heavy atom. The average molecular weight is 767 g/mol. The van der Waals surface area contributed by atoms with E-state index in [1.165, 1.54) is 39.9 Å². The Morgan fingerprint density at radius 3 is 1.30 bits per heavy atom. The van der Waals surface area contributed by atoms with Crippen molar-refractivity contribution in [3.05, 3.63) is 23.3 Å². The lowest BCUT2D eigenvalue weighted by atomic mass is 9.85. The van der Waals surface area contributed by atoms with E-state index in [4.69, 9.17) is 18.9 Å². The molecule has 4 aliphatic heterocycles. The standard InChI is InChI=1S/C42H74N2O10/c1-29(2)41(49,31(5)51-7)39(47)53-27-33-17-23-43(25-19-35(45)37(33)43)21-15-13-11-9-10-12-14-16-22-44-24-18-34(38(44)36(46)20-26-44)28-54-40(48)42(50,30(3)4)32(6)52-8/h17-18,29-32,35-38,45-46,49-50H,9-16,19-28H2,1-8H3/q+2. The molecule has 12 heteroatoms. The number of aliphatic hydroxyl groups excluding tert-OH is 2. The number of ether oxygens (including phenoxy) is 4. The molecule has 4 aliphatic rings. The Bertz CT molecular complexity index is 1220. The molecule has 4 rings (SSSR count). The van der Waals surface area contributed by atoms with Crippen LogP contribution in [0.3, 0.4) is 0 Å². The first kappa shape index (κ1) is 44.8. The molecule has 0 saturated carbocycles. The molecule has 0 aromatic heterocycles. The van der Waals surface area contributed by atoms with Crippen LogP contribution in [0, 0.1) is 11.8 Å². The zero-order valence-corrected chi connectivity index (χ0v) is 34.6. The van der Waals surface area contributed by atoms with Crippen molar-refractivity contribution in [2.45, 2.75) is 153 Å². The number of hydrogen-bond acceptors (Lipinski definition) is 10. The minimum Gasteiger partial charge on any atom is -0.459 e. The van der Waals surface area contributed by atoms with E-state index < -0.39 is 47.6 Å². The first-order valence-electron chi connectivity index (χ1n) is 20.8. The maximum absolute atomic E-state index is 13.0. The Labute approximate surface area is 324 Å². The second-order valence-electron chi connectivity index (χ2n) is 17.6. The third-order valence-electron chi connectivity index (χ3n) is 13.9. The molecule has 0 aromatic rings. The number of fused-ring (bicyclic) bond motifs is 2. The Morgan fingerprint density at radius 2 is 0.981 bits per heavy atom. The lowest BCUT2D eigenvalue weighted by Gasteiger charge is -2.37. The van der Waals surface area contributed by atoms with E-state index >= 15 is 0 Å². The van der Waals surface area contributed by atoms with Crippen LogP contribution in [-0.4, -0.2) is 156 Å². The van der Waals surface area contributed by atoms with E-state index in [0.717, 1.165) is 97.9 Å². The van der Waals surface area contributed by atoms with Crippen LogP contribution in [0.15, 0.2) is 23.3 Å². The summed E-state index contributed by atoms with van der Waals surface area (Å²) < 4.78 is 23.6. The van der Waals surface area contributed by atoms with Gasteiger partial charge in [0.25, 0.3) is 0 Å². The summed E-state index contributed by atoms with van der Waals surface area (Å²) in [7, 11) is 2.95. The number of hydrogen-bond donors (Lipinski definition) is 4. The van der Waals surface area contributed by atoms with Gasteiger partial charge >= 0.3 is 11.9 Å². The zero-order chi connectivity index (χ0) is 39.9. The number of esters is 2. The van der Waals surface area contributed by atoms with E-state index in [1.54, 1.807) is 41.5 Å². The van der Waals surface area contributed by atoms with Crippen molar-refractivity contribution in [3.8, 4) is 0 Å². The number of carbonyl (C=O) groups is 2. The van der Waals surface area contributed by atoms with Crippen LogP contribution in [0.4, 0.5) is 0 Å². The Kier molecular flexibility index (Phi) is 15.8. The highest BCUT2D eigenvalue weighted by Crippen LogP contribution is 2.40. The monoisotopic (exact) mass is 767 g/mol. The van der Waals surface area contributed by atoms with Crippen LogP contribution in [0.25, 0.3) is 0 Å². The van der Waals surface area contributed by atoms with E-state index in [2.05, 4.69) is 12.2 Å². The van der Waals surface area contributed by atoms with Crippen LogP contribution in [0.2, 0.25) is 0 Å². The molecule has 10 atom stereocenters. The van der Waals surface area contributed by atoms with Crippen molar-refractivity contribution in [1.29, 1.82) is 0 Å². The van der Waals surface area contributed by atoms with Crippen molar-refractivity contribution in [2.75, 3.05) is 66.7 Å². The van der Waals surface area contributed by atoms with Gasteiger partial charge in [-0.05, 0) is 63.5 Å². The number of aliphatic hydroxyl groups is 4. The normalized spacial score (nSPS) is 31.1. The predicted octanol–water partition coefficient (Wildman–Crippen LogP) is 3.82. The average Bonchev–Trinajstić information content (AvgIpc) is 3.89. The molecule has 0 aliphatic carbocycles.